The molecule has 2 aliphatic rings. The maximum Gasteiger partial charge on any atom is 0.0851 e. The van der Waals surface area contributed by atoms with Crippen LogP contribution in [-0.2, 0) is 22.3 Å². The molecule has 0 aliphatic carbocycles. The van der Waals surface area contributed by atoms with Gasteiger partial charge in [0.25, 0.3) is 0 Å². The molecule has 4 heteroatoms. The third-order valence-corrected chi connectivity index (χ3v) is 4.36. The van der Waals surface area contributed by atoms with E-state index in [0.717, 1.165) is 37.4 Å². The third kappa shape index (κ3) is 3.49. The topological polar surface area (TPSA) is 77.1 Å². The second-order valence-electron chi connectivity index (χ2n) is 6.10. The lowest BCUT2D eigenvalue weighted by Gasteiger charge is -2.17. The van der Waals surface area contributed by atoms with Gasteiger partial charge in [-0.05, 0) is 40.5 Å². The molecule has 4 nitrogen and oxygen atoms in total. The van der Waals surface area contributed by atoms with Gasteiger partial charge >= 0.3 is 0 Å². The molecule has 0 amide bonds. The molecular formula is C19H24N2O2. The Morgan fingerprint density at radius 1 is 0.826 bits per heavy atom. The number of rotatable bonds is 5. The van der Waals surface area contributed by atoms with Crippen molar-refractivity contribution in [2.45, 2.75) is 32.5 Å². The lowest BCUT2D eigenvalue weighted by molar-refractivity contribution is 0.402. The molecule has 0 spiro atoms. The highest BCUT2D eigenvalue weighted by molar-refractivity contribution is 5.74. The second kappa shape index (κ2) is 6.22. The molecule has 0 bridgehead atoms. The van der Waals surface area contributed by atoms with Gasteiger partial charge in [-0.3, -0.25) is 0 Å². The minimum Gasteiger partial charge on any atom is -0.399 e. The minimum absolute atomic E-state index is 0. The maximum absolute atomic E-state index is 6.25. The van der Waals surface area contributed by atoms with E-state index >= 15 is 0 Å². The number of benzene rings is 2. The van der Waals surface area contributed by atoms with Gasteiger partial charge in [0.15, 0.2) is 0 Å². The number of anilines is 2. The van der Waals surface area contributed by atoms with Crippen LogP contribution in [0.4, 0.5) is 11.4 Å². The summed E-state index contributed by atoms with van der Waals surface area (Å²) >= 11 is 0. The monoisotopic (exact) mass is 312 g/mol. The first-order valence-electron chi connectivity index (χ1n) is 7.70. The van der Waals surface area contributed by atoms with E-state index in [0.29, 0.717) is 12.2 Å². The van der Waals surface area contributed by atoms with Crippen LogP contribution in [0, 0.1) is 0 Å². The summed E-state index contributed by atoms with van der Waals surface area (Å²) in [5, 5.41) is 0. The van der Waals surface area contributed by atoms with Crippen molar-refractivity contribution in [2.24, 2.45) is 0 Å². The van der Waals surface area contributed by atoms with Gasteiger partial charge in [-0.2, -0.15) is 0 Å². The van der Waals surface area contributed by atoms with E-state index in [1.807, 2.05) is 18.2 Å². The molecule has 2 fully saturated rings. The molecule has 23 heavy (non-hydrogen) atoms. The van der Waals surface area contributed by atoms with Gasteiger partial charge in [0.1, 0.15) is 0 Å². The fourth-order valence-corrected chi connectivity index (χ4v) is 2.95. The molecule has 4 N–H and O–H groups in total. The van der Waals surface area contributed by atoms with E-state index in [9.17, 15) is 0 Å². The van der Waals surface area contributed by atoms with Crippen molar-refractivity contribution in [1.82, 2.24) is 0 Å². The quantitative estimate of drug-likeness (QED) is 0.657. The van der Waals surface area contributed by atoms with Crippen molar-refractivity contribution >= 4 is 11.4 Å². The average Bonchev–Trinajstić information content (AvgIpc) is 3.40. The number of ether oxygens (including phenoxy) is 2. The van der Waals surface area contributed by atoms with Crippen LogP contribution in [0.3, 0.4) is 0 Å². The number of hydrogen-bond acceptors (Lipinski definition) is 4. The Balaban J connectivity index is 0.00000156. The normalized spacial score (nSPS) is 21.6. The zero-order valence-corrected chi connectivity index (χ0v) is 12.4. The van der Waals surface area contributed by atoms with Gasteiger partial charge < -0.3 is 20.9 Å². The van der Waals surface area contributed by atoms with Crippen LogP contribution in [-0.4, -0.2) is 25.4 Å². The Labute approximate surface area is 137 Å². The smallest absolute Gasteiger partial charge is 0.0851 e. The van der Waals surface area contributed by atoms with E-state index in [2.05, 4.69) is 18.2 Å². The first-order valence-corrected chi connectivity index (χ1v) is 7.70. The van der Waals surface area contributed by atoms with E-state index < -0.39 is 0 Å². The third-order valence-electron chi connectivity index (χ3n) is 4.36. The van der Waals surface area contributed by atoms with Crippen LogP contribution in [0.15, 0.2) is 36.4 Å². The molecule has 2 saturated heterocycles. The SMILES string of the molecule is C.Nc1ccc(-c2ccc(N)c(CC3CO3)c2CC2CO2)cc1. The molecule has 2 aromatic carbocycles. The molecule has 2 heterocycles. The van der Waals surface area contributed by atoms with Gasteiger partial charge in [0.05, 0.1) is 25.4 Å². The summed E-state index contributed by atoms with van der Waals surface area (Å²) < 4.78 is 10.8. The molecule has 2 aromatic rings. The molecule has 0 saturated carbocycles. The Kier molecular flexibility index (Phi) is 4.28. The van der Waals surface area contributed by atoms with E-state index in [1.54, 1.807) is 0 Å². The van der Waals surface area contributed by atoms with E-state index in [-0.39, 0.29) is 7.43 Å². The summed E-state index contributed by atoms with van der Waals surface area (Å²) in [7, 11) is 0. The van der Waals surface area contributed by atoms with Gasteiger partial charge in [-0.1, -0.05) is 25.6 Å². The summed E-state index contributed by atoms with van der Waals surface area (Å²) in [6, 6.07) is 12.1. The van der Waals surface area contributed by atoms with Crippen molar-refractivity contribution in [2.75, 3.05) is 24.7 Å². The summed E-state index contributed by atoms with van der Waals surface area (Å²) in [6.45, 7) is 1.68. The molecule has 2 unspecified atom stereocenters. The average molecular weight is 312 g/mol. The first kappa shape index (κ1) is 15.8. The number of nitrogen functional groups attached to an aromatic ring is 2. The van der Waals surface area contributed by atoms with Crippen molar-refractivity contribution in [3.05, 3.63) is 47.5 Å². The van der Waals surface area contributed by atoms with Crippen molar-refractivity contribution in [3.63, 3.8) is 0 Å². The van der Waals surface area contributed by atoms with E-state index in [1.165, 1.54) is 22.3 Å². The molecule has 2 atom stereocenters. The summed E-state index contributed by atoms with van der Waals surface area (Å²) in [5.74, 6) is 0. The van der Waals surface area contributed by atoms with Crippen molar-refractivity contribution in [1.29, 1.82) is 0 Å². The summed E-state index contributed by atoms with van der Waals surface area (Å²) in [6.07, 6.45) is 2.44. The number of nitrogens with two attached hydrogens (primary N) is 2. The zero-order valence-electron chi connectivity index (χ0n) is 12.4. The molecule has 122 valence electrons. The van der Waals surface area contributed by atoms with E-state index in [4.69, 9.17) is 20.9 Å². The molecular weight excluding hydrogens is 288 g/mol. The van der Waals surface area contributed by atoms with Crippen LogP contribution in [0.1, 0.15) is 18.6 Å². The van der Waals surface area contributed by atoms with Crippen LogP contribution >= 0.6 is 0 Å². The fourth-order valence-electron chi connectivity index (χ4n) is 2.95. The highest BCUT2D eigenvalue weighted by Gasteiger charge is 2.29. The lowest BCUT2D eigenvalue weighted by atomic mass is 9.89. The van der Waals surface area contributed by atoms with Gasteiger partial charge in [-0.25, -0.2) is 0 Å². The summed E-state index contributed by atoms with van der Waals surface area (Å²) in [4.78, 5) is 0. The molecule has 0 aromatic heterocycles. The standard InChI is InChI=1S/C18H20N2O2.CH4/c19-12-3-1-11(2-4-12)15-5-6-18(20)17(8-14-10-22-14)16(15)7-13-9-21-13;/h1-6,13-14H,7-10,19-20H2;1H4. The highest BCUT2D eigenvalue weighted by atomic mass is 16.6. The van der Waals surface area contributed by atoms with Crippen molar-refractivity contribution in [3.8, 4) is 11.1 Å². The largest absolute Gasteiger partial charge is 0.399 e. The van der Waals surface area contributed by atoms with Crippen LogP contribution in [0.25, 0.3) is 11.1 Å². The second-order valence-corrected chi connectivity index (χ2v) is 6.10. The Bertz CT molecular complexity index is 689. The first-order chi connectivity index (χ1) is 10.7. The lowest BCUT2D eigenvalue weighted by Crippen LogP contribution is -2.08. The molecule has 4 rings (SSSR count). The van der Waals surface area contributed by atoms with Gasteiger partial charge in [0, 0.05) is 24.2 Å². The predicted molar refractivity (Wildman–Crippen MR) is 94.3 cm³/mol. The minimum atomic E-state index is 0. The number of hydrogen-bond donors (Lipinski definition) is 2. The highest BCUT2D eigenvalue weighted by Crippen LogP contribution is 2.35. The molecule has 0 radical (unpaired) electrons. The molecule has 2 aliphatic heterocycles. The predicted octanol–water partition coefficient (Wildman–Crippen LogP) is 3.04. The van der Waals surface area contributed by atoms with Gasteiger partial charge in [0.2, 0.25) is 0 Å². The Hall–Kier alpha value is -2.04. The number of epoxide rings is 2. The van der Waals surface area contributed by atoms with Crippen LogP contribution in [0.5, 0.6) is 0 Å². The maximum atomic E-state index is 6.25. The Morgan fingerprint density at radius 3 is 1.96 bits per heavy atom. The van der Waals surface area contributed by atoms with Gasteiger partial charge in [-0.15, -0.1) is 0 Å². The summed E-state index contributed by atoms with van der Waals surface area (Å²) in [5.41, 5.74) is 18.6. The van der Waals surface area contributed by atoms with Crippen LogP contribution in [0.2, 0.25) is 0 Å². The fraction of sp³-hybridized carbons (Fsp3) is 0.368. The van der Waals surface area contributed by atoms with Crippen LogP contribution < -0.4 is 11.5 Å². The van der Waals surface area contributed by atoms with Crippen molar-refractivity contribution < 1.29 is 9.47 Å². The zero-order chi connectivity index (χ0) is 15.1. The Morgan fingerprint density at radius 2 is 1.39 bits per heavy atom.